The molecule has 0 aliphatic heterocycles. The van der Waals surface area contributed by atoms with Crippen LogP contribution >= 0.6 is 0 Å². The van der Waals surface area contributed by atoms with Crippen LogP contribution < -0.4 is 4.72 Å². The topological polar surface area (TPSA) is 46.2 Å². The molecule has 25 heavy (non-hydrogen) atoms. The Hall–Kier alpha value is -2.33. The maximum absolute atomic E-state index is 13.0. The van der Waals surface area contributed by atoms with E-state index in [2.05, 4.69) is 17.7 Å². The first-order valence-electron chi connectivity index (χ1n) is 8.59. The van der Waals surface area contributed by atoms with E-state index in [1.54, 1.807) is 18.2 Å². The molecule has 0 atom stereocenters. The van der Waals surface area contributed by atoms with Gasteiger partial charge in [-0.2, -0.15) is 0 Å². The molecular formula is C21H23NO2S. The highest BCUT2D eigenvalue weighted by Gasteiger charge is 2.20. The molecule has 3 nitrogen and oxygen atoms in total. The summed E-state index contributed by atoms with van der Waals surface area (Å²) in [7, 11) is -3.64. The van der Waals surface area contributed by atoms with Gasteiger partial charge in [0, 0.05) is 5.69 Å². The molecule has 0 unspecified atom stereocenters. The highest BCUT2D eigenvalue weighted by molar-refractivity contribution is 7.92. The van der Waals surface area contributed by atoms with E-state index in [1.165, 1.54) is 5.56 Å². The van der Waals surface area contributed by atoms with Gasteiger partial charge >= 0.3 is 0 Å². The molecule has 0 heterocycles. The van der Waals surface area contributed by atoms with Gasteiger partial charge in [-0.15, -0.1) is 0 Å². The Morgan fingerprint density at radius 1 is 0.880 bits per heavy atom. The molecule has 0 saturated heterocycles. The molecule has 3 aromatic carbocycles. The van der Waals surface area contributed by atoms with Crippen LogP contribution in [0.4, 0.5) is 5.69 Å². The van der Waals surface area contributed by atoms with E-state index in [0.29, 0.717) is 17.0 Å². The van der Waals surface area contributed by atoms with Gasteiger partial charge in [0.05, 0.1) is 4.90 Å². The van der Waals surface area contributed by atoms with Crippen LogP contribution in [-0.4, -0.2) is 8.42 Å². The summed E-state index contributed by atoms with van der Waals surface area (Å²) < 4.78 is 28.7. The van der Waals surface area contributed by atoms with Crippen molar-refractivity contribution in [1.82, 2.24) is 0 Å². The van der Waals surface area contributed by atoms with Gasteiger partial charge in [-0.3, -0.25) is 4.72 Å². The van der Waals surface area contributed by atoms with Crippen molar-refractivity contribution in [1.29, 1.82) is 0 Å². The van der Waals surface area contributed by atoms with Crippen LogP contribution in [0.3, 0.4) is 0 Å². The Balaban J connectivity index is 2.15. The molecule has 0 aliphatic rings. The number of hydrogen-bond donors (Lipinski definition) is 1. The molecule has 130 valence electrons. The second-order valence-electron chi connectivity index (χ2n) is 6.24. The molecule has 3 rings (SSSR count). The van der Waals surface area contributed by atoms with E-state index in [1.807, 2.05) is 44.2 Å². The van der Waals surface area contributed by atoms with Crippen LogP contribution in [-0.2, 0) is 22.9 Å². The number of benzene rings is 3. The molecule has 3 aromatic rings. The smallest absolute Gasteiger partial charge is 0.262 e. The third-order valence-electron chi connectivity index (χ3n) is 4.52. The van der Waals surface area contributed by atoms with Crippen molar-refractivity contribution >= 4 is 26.5 Å². The van der Waals surface area contributed by atoms with Crippen molar-refractivity contribution in [3.8, 4) is 0 Å². The lowest BCUT2D eigenvalue weighted by Gasteiger charge is -2.16. The predicted molar refractivity (Wildman–Crippen MR) is 105 cm³/mol. The van der Waals surface area contributed by atoms with Crippen LogP contribution in [0.2, 0.25) is 0 Å². The highest BCUT2D eigenvalue weighted by atomic mass is 32.2. The number of sulfonamides is 1. The average Bonchev–Trinajstić information content (AvgIpc) is 2.61. The summed E-state index contributed by atoms with van der Waals surface area (Å²) in [5.41, 5.74) is 3.74. The summed E-state index contributed by atoms with van der Waals surface area (Å²) in [6.45, 7) is 6.08. The van der Waals surface area contributed by atoms with Crippen LogP contribution in [0.1, 0.15) is 30.5 Å². The summed E-state index contributed by atoms with van der Waals surface area (Å²) in [6.07, 6.45) is 1.54. The molecule has 0 spiro atoms. The highest BCUT2D eigenvalue weighted by Crippen LogP contribution is 2.30. The zero-order valence-corrected chi connectivity index (χ0v) is 15.7. The summed E-state index contributed by atoms with van der Waals surface area (Å²) in [4.78, 5) is 0.365. The molecule has 1 N–H and O–H groups in total. The monoisotopic (exact) mass is 353 g/mol. The van der Waals surface area contributed by atoms with Gasteiger partial charge in [0.25, 0.3) is 10.0 Å². The zero-order chi connectivity index (χ0) is 18.0. The summed E-state index contributed by atoms with van der Waals surface area (Å²) >= 11 is 0. The maximum atomic E-state index is 13.0. The van der Waals surface area contributed by atoms with Crippen molar-refractivity contribution in [2.24, 2.45) is 0 Å². The van der Waals surface area contributed by atoms with Crippen LogP contribution in [0, 0.1) is 6.92 Å². The van der Waals surface area contributed by atoms with Crippen molar-refractivity contribution in [3.05, 3.63) is 71.3 Å². The molecule has 0 saturated carbocycles. The van der Waals surface area contributed by atoms with Crippen LogP contribution in [0.15, 0.2) is 59.5 Å². The minimum Gasteiger partial charge on any atom is -0.280 e. The number of aryl methyl sites for hydroxylation is 3. The SMILES string of the molecule is CCc1cccc2ccc(S(=O)(=O)Nc3ccc(C)cc3)c(CC)c12. The average molecular weight is 353 g/mol. The predicted octanol–water partition coefficient (Wildman–Crippen LogP) is 5.07. The lowest BCUT2D eigenvalue weighted by atomic mass is 9.96. The third kappa shape index (κ3) is 3.40. The van der Waals surface area contributed by atoms with E-state index < -0.39 is 10.0 Å². The Morgan fingerprint density at radius 3 is 2.24 bits per heavy atom. The van der Waals surface area contributed by atoms with E-state index in [9.17, 15) is 8.42 Å². The van der Waals surface area contributed by atoms with Gasteiger partial charge in [0.15, 0.2) is 0 Å². The van der Waals surface area contributed by atoms with E-state index >= 15 is 0 Å². The van der Waals surface area contributed by atoms with Crippen LogP contribution in [0.5, 0.6) is 0 Å². The molecule has 0 amide bonds. The molecule has 4 heteroatoms. The van der Waals surface area contributed by atoms with E-state index in [0.717, 1.165) is 28.3 Å². The first kappa shape index (κ1) is 17.5. The molecular weight excluding hydrogens is 330 g/mol. The molecule has 0 fully saturated rings. The number of anilines is 1. The number of rotatable bonds is 5. The normalized spacial score (nSPS) is 11.6. The van der Waals surface area contributed by atoms with Gasteiger partial charge in [-0.1, -0.05) is 55.8 Å². The lowest BCUT2D eigenvalue weighted by molar-refractivity contribution is 0.600. The van der Waals surface area contributed by atoms with Crippen molar-refractivity contribution < 1.29 is 8.42 Å². The second-order valence-corrected chi connectivity index (χ2v) is 7.89. The third-order valence-corrected chi connectivity index (χ3v) is 5.99. The van der Waals surface area contributed by atoms with Gasteiger partial charge in [0.2, 0.25) is 0 Å². The first-order valence-corrected chi connectivity index (χ1v) is 10.1. The quantitative estimate of drug-likeness (QED) is 0.696. The summed E-state index contributed by atoms with van der Waals surface area (Å²) in [5.74, 6) is 0. The fourth-order valence-corrected chi connectivity index (χ4v) is 4.62. The molecule has 0 aromatic heterocycles. The standard InChI is InChI=1S/C21H23NO2S/c1-4-16-7-6-8-17-11-14-20(19(5-2)21(16)17)25(23,24)22-18-12-9-15(3)10-13-18/h6-14,22H,4-5H2,1-3H3. The minimum absolute atomic E-state index is 0.365. The Labute approximate surface area is 149 Å². The van der Waals surface area contributed by atoms with E-state index in [4.69, 9.17) is 0 Å². The van der Waals surface area contributed by atoms with Crippen molar-refractivity contribution in [2.75, 3.05) is 4.72 Å². The van der Waals surface area contributed by atoms with Gasteiger partial charge in [0.1, 0.15) is 0 Å². The summed E-state index contributed by atoms with van der Waals surface area (Å²) in [5, 5.41) is 2.16. The largest absolute Gasteiger partial charge is 0.280 e. The maximum Gasteiger partial charge on any atom is 0.262 e. The van der Waals surface area contributed by atoms with Crippen LogP contribution in [0.25, 0.3) is 10.8 Å². The number of nitrogens with one attached hydrogen (secondary N) is 1. The Morgan fingerprint density at radius 2 is 1.60 bits per heavy atom. The fraction of sp³-hybridized carbons (Fsp3) is 0.238. The molecule has 0 bridgehead atoms. The molecule has 0 aliphatic carbocycles. The minimum atomic E-state index is -3.64. The Bertz CT molecular complexity index is 1010. The molecule has 0 radical (unpaired) electrons. The van der Waals surface area contributed by atoms with Gasteiger partial charge < -0.3 is 0 Å². The number of fused-ring (bicyclic) bond motifs is 1. The fourth-order valence-electron chi connectivity index (χ4n) is 3.25. The second kappa shape index (κ2) is 6.89. The summed E-state index contributed by atoms with van der Waals surface area (Å²) in [6, 6.07) is 17.1. The Kier molecular flexibility index (Phi) is 4.82. The van der Waals surface area contributed by atoms with Gasteiger partial charge in [-0.25, -0.2) is 8.42 Å². The first-order chi connectivity index (χ1) is 12.0. The lowest BCUT2D eigenvalue weighted by Crippen LogP contribution is -2.15. The zero-order valence-electron chi connectivity index (χ0n) is 14.8. The number of hydrogen-bond acceptors (Lipinski definition) is 2. The van der Waals surface area contributed by atoms with Gasteiger partial charge in [-0.05, 0) is 59.9 Å². The van der Waals surface area contributed by atoms with Crippen molar-refractivity contribution in [2.45, 2.75) is 38.5 Å². The van der Waals surface area contributed by atoms with Crippen molar-refractivity contribution in [3.63, 3.8) is 0 Å². The van der Waals surface area contributed by atoms with E-state index in [-0.39, 0.29) is 0 Å².